The fraction of sp³-hybridized carbons (Fsp3) is 0.318. The molecule has 2 aromatic heterocycles. The number of nitrogens with zero attached hydrogens (tertiary/aromatic N) is 2. The molecular formula is C22H23ClN4O5. The van der Waals surface area contributed by atoms with Crippen LogP contribution in [0.1, 0.15) is 16.1 Å². The Morgan fingerprint density at radius 1 is 1.19 bits per heavy atom. The fourth-order valence-corrected chi connectivity index (χ4v) is 3.96. The smallest absolute Gasteiger partial charge is 0.268 e. The van der Waals surface area contributed by atoms with Crippen LogP contribution in [0.2, 0.25) is 5.15 Å². The van der Waals surface area contributed by atoms with Crippen molar-refractivity contribution in [2.75, 3.05) is 13.1 Å². The van der Waals surface area contributed by atoms with Gasteiger partial charge in [-0.15, -0.1) is 0 Å². The molecule has 3 aromatic rings. The van der Waals surface area contributed by atoms with Gasteiger partial charge in [0.2, 0.25) is 0 Å². The number of carbonyl (C=O) groups is 2. The zero-order valence-electron chi connectivity index (χ0n) is 17.0. The van der Waals surface area contributed by atoms with Crippen LogP contribution in [0.3, 0.4) is 0 Å². The Bertz CT molecular complexity index is 1110. The number of hydrogen-bond donors (Lipinski definition) is 5. The van der Waals surface area contributed by atoms with Gasteiger partial charge in [0.05, 0.1) is 30.0 Å². The highest BCUT2D eigenvalue weighted by Gasteiger charge is 2.38. The van der Waals surface area contributed by atoms with E-state index in [1.807, 2.05) is 30.3 Å². The lowest BCUT2D eigenvalue weighted by atomic mass is 10.00. The Hall–Kier alpha value is -2.98. The number of benzene rings is 1. The summed E-state index contributed by atoms with van der Waals surface area (Å²) >= 11 is 5.90. The Morgan fingerprint density at radius 3 is 2.56 bits per heavy atom. The minimum Gasteiger partial charge on any atom is -0.388 e. The van der Waals surface area contributed by atoms with Crippen molar-refractivity contribution in [3.8, 4) is 0 Å². The Kier molecular flexibility index (Phi) is 6.43. The number of likely N-dealkylation sites (tertiary alicyclic amines) is 1. The molecule has 1 fully saturated rings. The summed E-state index contributed by atoms with van der Waals surface area (Å²) in [6, 6.07) is 11.4. The molecule has 1 aromatic carbocycles. The molecule has 32 heavy (non-hydrogen) atoms. The number of H-pyrrole nitrogens is 1. The van der Waals surface area contributed by atoms with E-state index in [0.29, 0.717) is 16.1 Å². The Balaban J connectivity index is 1.55. The van der Waals surface area contributed by atoms with Crippen LogP contribution >= 0.6 is 11.6 Å². The second-order valence-electron chi connectivity index (χ2n) is 7.87. The first kappa shape index (κ1) is 22.2. The molecule has 5 N–H and O–H groups in total. The maximum atomic E-state index is 12.9. The lowest BCUT2D eigenvalue weighted by Crippen LogP contribution is -2.52. The van der Waals surface area contributed by atoms with Gasteiger partial charge in [-0.25, -0.2) is 4.98 Å². The predicted molar refractivity (Wildman–Crippen MR) is 117 cm³/mol. The van der Waals surface area contributed by atoms with Gasteiger partial charge in [-0.2, -0.15) is 0 Å². The van der Waals surface area contributed by atoms with Gasteiger partial charge < -0.3 is 30.5 Å². The summed E-state index contributed by atoms with van der Waals surface area (Å²) in [6.45, 7) is -0.169. The summed E-state index contributed by atoms with van der Waals surface area (Å²) in [4.78, 5) is 33.9. The van der Waals surface area contributed by atoms with Crippen molar-refractivity contribution < 1.29 is 24.9 Å². The number of aliphatic hydroxyl groups is 3. The van der Waals surface area contributed by atoms with Crippen LogP contribution in [-0.4, -0.2) is 79.4 Å². The lowest BCUT2D eigenvalue weighted by Gasteiger charge is -2.27. The summed E-state index contributed by atoms with van der Waals surface area (Å²) in [5.74, 6) is -1.18. The standard InChI is InChI=1S/C22H23ClN4O5/c23-19-8-13-7-15(25-16(13)9-24-19)21(31)26-14(6-12-4-2-1-3-5-12)20(30)22(32)27-10-17(28)18(29)11-27/h1-5,7-9,14,17-18,20,25,28-30H,6,10-11H2,(H,26,31)/t14-,17?,18?,20?/m0/s1. The van der Waals surface area contributed by atoms with E-state index >= 15 is 0 Å². The van der Waals surface area contributed by atoms with Crippen LogP contribution < -0.4 is 5.32 Å². The molecule has 3 heterocycles. The summed E-state index contributed by atoms with van der Waals surface area (Å²) in [5, 5.41) is 34.1. The molecule has 4 rings (SSSR count). The molecule has 0 saturated carbocycles. The molecule has 1 aliphatic heterocycles. The van der Waals surface area contributed by atoms with Gasteiger partial charge in [-0.3, -0.25) is 9.59 Å². The van der Waals surface area contributed by atoms with Gasteiger partial charge in [-0.05, 0) is 24.1 Å². The zero-order valence-corrected chi connectivity index (χ0v) is 17.7. The van der Waals surface area contributed by atoms with Crippen LogP contribution in [-0.2, 0) is 11.2 Å². The monoisotopic (exact) mass is 458 g/mol. The number of nitrogens with one attached hydrogen (secondary N) is 2. The van der Waals surface area contributed by atoms with Gasteiger partial charge >= 0.3 is 0 Å². The molecule has 0 bridgehead atoms. The van der Waals surface area contributed by atoms with Crippen LogP contribution in [0, 0.1) is 0 Å². The third-order valence-electron chi connectivity index (χ3n) is 5.54. The molecule has 168 valence electrons. The molecule has 0 aliphatic carbocycles. The molecule has 10 heteroatoms. The van der Waals surface area contributed by atoms with Crippen molar-refractivity contribution in [1.82, 2.24) is 20.2 Å². The van der Waals surface area contributed by atoms with E-state index in [0.717, 1.165) is 5.56 Å². The van der Waals surface area contributed by atoms with E-state index in [1.54, 1.807) is 12.1 Å². The maximum absolute atomic E-state index is 12.9. The molecule has 3 unspecified atom stereocenters. The molecule has 1 saturated heterocycles. The van der Waals surface area contributed by atoms with Gasteiger partial charge in [-0.1, -0.05) is 41.9 Å². The van der Waals surface area contributed by atoms with E-state index in [-0.39, 0.29) is 25.2 Å². The summed E-state index contributed by atoms with van der Waals surface area (Å²) in [5.41, 5.74) is 1.67. The Morgan fingerprint density at radius 2 is 1.88 bits per heavy atom. The second-order valence-corrected chi connectivity index (χ2v) is 8.26. The zero-order chi connectivity index (χ0) is 22.8. The fourth-order valence-electron chi connectivity index (χ4n) is 3.79. The first-order valence-corrected chi connectivity index (χ1v) is 10.5. The number of pyridine rings is 1. The van der Waals surface area contributed by atoms with Crippen molar-refractivity contribution in [2.24, 2.45) is 0 Å². The number of aromatic amines is 1. The van der Waals surface area contributed by atoms with Crippen LogP contribution in [0.4, 0.5) is 0 Å². The molecule has 1 aliphatic rings. The third-order valence-corrected chi connectivity index (χ3v) is 5.74. The first-order valence-electron chi connectivity index (χ1n) is 10.1. The van der Waals surface area contributed by atoms with Gasteiger partial charge in [0.1, 0.15) is 10.8 Å². The summed E-state index contributed by atoms with van der Waals surface area (Å²) < 4.78 is 0. The van der Waals surface area contributed by atoms with Crippen molar-refractivity contribution in [3.05, 3.63) is 65.1 Å². The van der Waals surface area contributed by atoms with E-state index in [1.165, 1.54) is 11.1 Å². The first-order chi connectivity index (χ1) is 15.3. The molecular weight excluding hydrogens is 436 g/mol. The number of aliphatic hydroxyl groups excluding tert-OH is 3. The van der Waals surface area contributed by atoms with E-state index < -0.39 is 36.2 Å². The van der Waals surface area contributed by atoms with Gasteiger partial charge in [0.15, 0.2) is 6.10 Å². The number of carbonyl (C=O) groups excluding carboxylic acids is 2. The van der Waals surface area contributed by atoms with Crippen molar-refractivity contribution >= 4 is 34.3 Å². The second kappa shape index (κ2) is 9.25. The molecule has 9 nitrogen and oxygen atoms in total. The maximum Gasteiger partial charge on any atom is 0.268 e. The average Bonchev–Trinajstić information content (AvgIpc) is 3.35. The van der Waals surface area contributed by atoms with Crippen LogP contribution in [0.15, 0.2) is 48.7 Å². The topological polar surface area (TPSA) is 139 Å². The third kappa shape index (κ3) is 4.76. The van der Waals surface area contributed by atoms with E-state index in [4.69, 9.17) is 11.6 Å². The van der Waals surface area contributed by atoms with E-state index in [9.17, 15) is 24.9 Å². The van der Waals surface area contributed by atoms with Crippen LogP contribution in [0.5, 0.6) is 0 Å². The molecule has 0 spiro atoms. The largest absolute Gasteiger partial charge is 0.388 e. The molecule has 0 radical (unpaired) electrons. The highest BCUT2D eigenvalue weighted by atomic mass is 35.5. The van der Waals surface area contributed by atoms with Crippen molar-refractivity contribution in [2.45, 2.75) is 30.8 Å². The quantitative estimate of drug-likeness (QED) is 0.340. The number of β-amino-alcohol motifs (C(OH)–C–C–N with tert-alkyl or cyclic N) is 2. The summed E-state index contributed by atoms with van der Waals surface area (Å²) in [7, 11) is 0. The SMILES string of the molecule is O=C(N[C@@H](Cc1ccccc1)C(O)C(=O)N1CC(O)C(O)C1)c1cc2cc(Cl)ncc2[nH]1. The van der Waals surface area contributed by atoms with Crippen molar-refractivity contribution in [3.63, 3.8) is 0 Å². The number of halogens is 1. The van der Waals surface area contributed by atoms with Crippen molar-refractivity contribution in [1.29, 1.82) is 0 Å². The number of rotatable bonds is 6. The highest BCUT2D eigenvalue weighted by Crippen LogP contribution is 2.19. The molecule has 2 amide bonds. The van der Waals surface area contributed by atoms with Gasteiger partial charge in [0.25, 0.3) is 11.8 Å². The summed E-state index contributed by atoms with van der Waals surface area (Å²) in [6.07, 6.45) is -2.00. The lowest BCUT2D eigenvalue weighted by molar-refractivity contribution is -0.141. The average molecular weight is 459 g/mol. The van der Waals surface area contributed by atoms with Crippen LogP contribution in [0.25, 0.3) is 10.9 Å². The minimum atomic E-state index is -1.57. The number of aromatic nitrogens is 2. The minimum absolute atomic E-state index is 0.0845. The molecule has 4 atom stereocenters. The Labute approximate surface area is 188 Å². The highest BCUT2D eigenvalue weighted by molar-refractivity contribution is 6.30. The van der Waals surface area contributed by atoms with E-state index in [2.05, 4.69) is 15.3 Å². The predicted octanol–water partition coefficient (Wildman–Crippen LogP) is 0.482. The number of fused-ring (bicyclic) bond motifs is 1. The number of hydrogen-bond acceptors (Lipinski definition) is 6. The van der Waals surface area contributed by atoms with Gasteiger partial charge in [0, 0.05) is 18.5 Å². The normalized spacial score (nSPS) is 20.3. The number of amides is 2.